The third-order valence-electron chi connectivity index (χ3n) is 2.69. The van der Waals surface area contributed by atoms with Gasteiger partial charge in [0, 0.05) is 17.8 Å². The van der Waals surface area contributed by atoms with E-state index < -0.39 is 5.97 Å². The van der Waals surface area contributed by atoms with Gasteiger partial charge in [0.2, 0.25) is 0 Å². The third-order valence-corrected chi connectivity index (χ3v) is 2.69. The molecule has 0 radical (unpaired) electrons. The molecule has 0 aliphatic carbocycles. The lowest BCUT2D eigenvalue weighted by Gasteiger charge is -2.03. The number of hydrogen-bond donors (Lipinski definition) is 0. The summed E-state index contributed by atoms with van der Waals surface area (Å²) in [7, 11) is 0. The van der Waals surface area contributed by atoms with Crippen molar-refractivity contribution in [1.29, 1.82) is 5.26 Å². The van der Waals surface area contributed by atoms with E-state index in [-0.39, 0.29) is 6.10 Å². The molecule has 0 aliphatic heterocycles. The number of nitriles is 1. The minimum Gasteiger partial charge on any atom is -0.460 e. The van der Waals surface area contributed by atoms with Crippen LogP contribution in [-0.2, 0) is 9.53 Å². The Kier molecular flexibility index (Phi) is 4.69. The predicted molar refractivity (Wildman–Crippen MR) is 81.5 cm³/mol. The van der Waals surface area contributed by atoms with Gasteiger partial charge in [0.25, 0.3) is 0 Å². The molecule has 0 aliphatic rings. The standard InChI is InChI=1S/C16H16N4O2/c1-11(2)22-15(21)4-5-20-10-18-16(19-20)14-7-12(3)6-13(8-14)9-17/h4-8,10-11H,1-3H3/b5-4-. The van der Waals surface area contributed by atoms with E-state index in [1.807, 2.05) is 13.0 Å². The fourth-order valence-electron chi connectivity index (χ4n) is 1.86. The van der Waals surface area contributed by atoms with Gasteiger partial charge >= 0.3 is 5.97 Å². The maximum absolute atomic E-state index is 11.4. The molecule has 0 N–H and O–H groups in total. The molecule has 6 nitrogen and oxygen atoms in total. The topological polar surface area (TPSA) is 80.8 Å². The number of benzene rings is 1. The van der Waals surface area contributed by atoms with Crippen molar-refractivity contribution in [3.8, 4) is 17.5 Å². The number of hydrogen-bond acceptors (Lipinski definition) is 5. The van der Waals surface area contributed by atoms with Crippen LogP contribution in [0.15, 0.2) is 30.6 Å². The Morgan fingerprint density at radius 3 is 2.86 bits per heavy atom. The first-order valence-corrected chi connectivity index (χ1v) is 6.80. The molecule has 1 aromatic carbocycles. The van der Waals surface area contributed by atoms with Gasteiger partial charge < -0.3 is 4.74 Å². The van der Waals surface area contributed by atoms with Crippen LogP contribution in [0.2, 0.25) is 0 Å². The Hall–Kier alpha value is -2.94. The van der Waals surface area contributed by atoms with Gasteiger partial charge in [-0.1, -0.05) is 0 Å². The van der Waals surface area contributed by atoms with Crippen molar-refractivity contribution in [3.05, 3.63) is 41.7 Å². The van der Waals surface area contributed by atoms with E-state index in [1.165, 1.54) is 23.3 Å². The van der Waals surface area contributed by atoms with Gasteiger partial charge in [-0.2, -0.15) is 5.26 Å². The molecule has 0 saturated carbocycles. The number of aryl methyl sites for hydroxylation is 1. The normalized spacial score (nSPS) is 10.9. The summed E-state index contributed by atoms with van der Waals surface area (Å²) in [5.74, 6) is 0.0523. The highest BCUT2D eigenvalue weighted by atomic mass is 16.5. The van der Waals surface area contributed by atoms with Crippen molar-refractivity contribution < 1.29 is 9.53 Å². The van der Waals surface area contributed by atoms with E-state index in [0.717, 1.165) is 11.1 Å². The highest BCUT2D eigenvalue weighted by Gasteiger charge is 2.06. The molecule has 22 heavy (non-hydrogen) atoms. The number of rotatable bonds is 4. The second-order valence-electron chi connectivity index (χ2n) is 5.05. The second kappa shape index (κ2) is 6.68. The summed E-state index contributed by atoms with van der Waals surface area (Å²) < 4.78 is 6.41. The first-order chi connectivity index (χ1) is 10.5. The quantitative estimate of drug-likeness (QED) is 0.639. The van der Waals surface area contributed by atoms with Crippen LogP contribution in [0.4, 0.5) is 0 Å². The molecule has 112 valence electrons. The number of esters is 1. The van der Waals surface area contributed by atoms with Crippen molar-refractivity contribution in [3.63, 3.8) is 0 Å². The van der Waals surface area contributed by atoms with Crippen LogP contribution in [0.3, 0.4) is 0 Å². The van der Waals surface area contributed by atoms with E-state index in [0.29, 0.717) is 11.4 Å². The lowest BCUT2D eigenvalue weighted by Crippen LogP contribution is -2.08. The molecule has 0 bridgehead atoms. The Bertz CT molecular complexity index is 754. The SMILES string of the molecule is Cc1cc(C#N)cc(-c2ncn(/C=C\C(=O)OC(C)C)n2)c1. The first-order valence-electron chi connectivity index (χ1n) is 6.80. The number of carbonyl (C=O) groups excluding carboxylic acids is 1. The number of nitrogens with zero attached hydrogens (tertiary/aromatic N) is 4. The van der Waals surface area contributed by atoms with Crippen LogP contribution in [0.5, 0.6) is 0 Å². The van der Waals surface area contributed by atoms with Crippen molar-refractivity contribution >= 4 is 12.2 Å². The van der Waals surface area contributed by atoms with Gasteiger partial charge in [-0.25, -0.2) is 14.5 Å². The van der Waals surface area contributed by atoms with Crippen molar-refractivity contribution in [2.45, 2.75) is 26.9 Å². The predicted octanol–water partition coefficient (Wildman–Crippen LogP) is 2.55. The average molecular weight is 296 g/mol. The average Bonchev–Trinajstić information content (AvgIpc) is 2.92. The molecule has 2 aromatic rings. The summed E-state index contributed by atoms with van der Waals surface area (Å²) in [6.45, 7) is 5.47. The zero-order valence-corrected chi connectivity index (χ0v) is 12.6. The molecule has 0 atom stereocenters. The highest BCUT2D eigenvalue weighted by Crippen LogP contribution is 2.18. The van der Waals surface area contributed by atoms with Gasteiger partial charge in [-0.3, -0.25) is 0 Å². The minimum absolute atomic E-state index is 0.167. The highest BCUT2D eigenvalue weighted by molar-refractivity contribution is 5.85. The monoisotopic (exact) mass is 296 g/mol. The lowest BCUT2D eigenvalue weighted by molar-refractivity contribution is -0.141. The summed E-state index contributed by atoms with van der Waals surface area (Å²) in [5.41, 5.74) is 2.28. The van der Waals surface area contributed by atoms with Crippen LogP contribution in [0.25, 0.3) is 17.6 Å². The fraction of sp³-hybridized carbons (Fsp3) is 0.250. The summed E-state index contributed by atoms with van der Waals surface area (Å²) >= 11 is 0. The Labute approximate surface area is 128 Å². The molecular formula is C16H16N4O2. The van der Waals surface area contributed by atoms with Gasteiger partial charge in [0.1, 0.15) is 6.33 Å². The Morgan fingerprint density at radius 1 is 1.41 bits per heavy atom. The number of carbonyl (C=O) groups is 1. The molecule has 0 saturated heterocycles. The van der Waals surface area contributed by atoms with E-state index in [9.17, 15) is 4.79 Å². The first kappa shape index (κ1) is 15.4. The molecule has 0 amide bonds. The second-order valence-corrected chi connectivity index (χ2v) is 5.05. The smallest absolute Gasteiger partial charge is 0.332 e. The van der Waals surface area contributed by atoms with E-state index in [1.54, 1.807) is 26.0 Å². The molecule has 1 aromatic heterocycles. The lowest BCUT2D eigenvalue weighted by atomic mass is 10.1. The molecule has 2 rings (SSSR count). The molecule has 6 heteroatoms. The largest absolute Gasteiger partial charge is 0.460 e. The molecule has 0 spiro atoms. The molecule has 1 heterocycles. The maximum atomic E-state index is 11.4. The van der Waals surface area contributed by atoms with E-state index in [2.05, 4.69) is 16.2 Å². The van der Waals surface area contributed by atoms with Crippen LogP contribution < -0.4 is 0 Å². The van der Waals surface area contributed by atoms with E-state index >= 15 is 0 Å². The Balaban J connectivity index is 2.18. The van der Waals surface area contributed by atoms with E-state index in [4.69, 9.17) is 10.00 Å². The number of ether oxygens (including phenoxy) is 1. The third kappa shape index (κ3) is 4.03. The van der Waals surface area contributed by atoms with Crippen LogP contribution in [0, 0.1) is 18.3 Å². The van der Waals surface area contributed by atoms with Gasteiger partial charge in [0.05, 0.1) is 17.7 Å². The summed E-state index contributed by atoms with van der Waals surface area (Å²) in [4.78, 5) is 15.6. The molecule has 0 fully saturated rings. The summed E-state index contributed by atoms with van der Waals surface area (Å²) in [5, 5.41) is 13.2. The fourth-order valence-corrected chi connectivity index (χ4v) is 1.86. The summed E-state index contributed by atoms with van der Waals surface area (Å²) in [6.07, 6.45) is 4.08. The van der Waals surface area contributed by atoms with Crippen LogP contribution in [0.1, 0.15) is 25.0 Å². The van der Waals surface area contributed by atoms with Crippen molar-refractivity contribution in [2.75, 3.05) is 0 Å². The van der Waals surface area contributed by atoms with Crippen molar-refractivity contribution in [1.82, 2.24) is 14.8 Å². The maximum Gasteiger partial charge on any atom is 0.332 e. The zero-order valence-electron chi connectivity index (χ0n) is 12.6. The van der Waals surface area contributed by atoms with Crippen LogP contribution >= 0.6 is 0 Å². The Morgan fingerprint density at radius 2 is 2.18 bits per heavy atom. The van der Waals surface area contributed by atoms with Gasteiger partial charge in [-0.05, 0) is 44.5 Å². The molecular weight excluding hydrogens is 280 g/mol. The van der Waals surface area contributed by atoms with Gasteiger partial charge in [-0.15, -0.1) is 5.10 Å². The molecule has 0 unspecified atom stereocenters. The number of aromatic nitrogens is 3. The zero-order chi connectivity index (χ0) is 16.1. The van der Waals surface area contributed by atoms with Gasteiger partial charge in [0.15, 0.2) is 5.82 Å². The summed E-state index contributed by atoms with van der Waals surface area (Å²) in [6, 6.07) is 7.53. The van der Waals surface area contributed by atoms with Crippen molar-refractivity contribution in [2.24, 2.45) is 0 Å². The van der Waals surface area contributed by atoms with Crippen LogP contribution in [-0.4, -0.2) is 26.8 Å². The minimum atomic E-state index is -0.436.